The van der Waals surface area contributed by atoms with Crippen molar-refractivity contribution in [1.29, 1.82) is 0 Å². The predicted octanol–water partition coefficient (Wildman–Crippen LogP) is 0.0352. The van der Waals surface area contributed by atoms with Crippen LogP contribution >= 0.6 is 0 Å². The molecule has 17 heavy (non-hydrogen) atoms. The van der Waals surface area contributed by atoms with Gasteiger partial charge >= 0.3 is 0 Å². The zero-order valence-electron chi connectivity index (χ0n) is 9.93. The Kier molecular flexibility index (Phi) is 3.23. The van der Waals surface area contributed by atoms with Crippen LogP contribution in [0.15, 0.2) is 12.5 Å². The van der Waals surface area contributed by atoms with Crippen molar-refractivity contribution < 1.29 is 9.59 Å². The molecule has 1 unspecified atom stereocenters. The fraction of sp³-hybridized carbons (Fsp3) is 0.545. The summed E-state index contributed by atoms with van der Waals surface area (Å²) >= 11 is 0. The molecular weight excluding hydrogens is 220 g/mol. The summed E-state index contributed by atoms with van der Waals surface area (Å²) in [6.45, 7) is 4.19. The first-order chi connectivity index (χ1) is 8.09. The number of carbonyl (C=O) groups is 2. The van der Waals surface area contributed by atoms with Gasteiger partial charge in [-0.25, -0.2) is 4.98 Å². The van der Waals surface area contributed by atoms with Gasteiger partial charge in [0.05, 0.1) is 18.8 Å². The van der Waals surface area contributed by atoms with Crippen LogP contribution in [0.4, 0.5) is 0 Å². The van der Waals surface area contributed by atoms with Gasteiger partial charge in [0.15, 0.2) is 0 Å². The number of aromatic amines is 1. The van der Waals surface area contributed by atoms with Gasteiger partial charge < -0.3 is 4.98 Å². The van der Waals surface area contributed by atoms with E-state index >= 15 is 0 Å². The van der Waals surface area contributed by atoms with E-state index in [9.17, 15) is 9.59 Å². The van der Waals surface area contributed by atoms with Crippen molar-refractivity contribution >= 4 is 11.8 Å². The molecule has 0 spiro atoms. The Morgan fingerprint density at radius 2 is 2.35 bits per heavy atom. The van der Waals surface area contributed by atoms with Crippen molar-refractivity contribution in [3.63, 3.8) is 0 Å². The maximum absolute atomic E-state index is 11.9. The summed E-state index contributed by atoms with van der Waals surface area (Å²) in [5, 5.41) is 3.07. The van der Waals surface area contributed by atoms with Crippen LogP contribution in [0.2, 0.25) is 0 Å². The van der Waals surface area contributed by atoms with Crippen LogP contribution in [0.3, 0.4) is 0 Å². The van der Waals surface area contributed by atoms with Gasteiger partial charge in [0, 0.05) is 24.5 Å². The van der Waals surface area contributed by atoms with Gasteiger partial charge in [-0.3, -0.25) is 19.8 Å². The quantitative estimate of drug-likeness (QED) is 0.723. The third-order valence-corrected chi connectivity index (χ3v) is 2.79. The Labute approximate surface area is 99.4 Å². The first-order valence-electron chi connectivity index (χ1n) is 5.66. The van der Waals surface area contributed by atoms with Gasteiger partial charge in [-0.2, -0.15) is 0 Å². The van der Waals surface area contributed by atoms with Crippen molar-refractivity contribution in [2.75, 3.05) is 0 Å². The van der Waals surface area contributed by atoms with E-state index in [1.807, 2.05) is 13.8 Å². The molecule has 0 saturated carbocycles. The molecule has 6 heteroatoms. The van der Waals surface area contributed by atoms with Crippen LogP contribution in [0.25, 0.3) is 0 Å². The highest BCUT2D eigenvalue weighted by Crippen LogP contribution is 2.16. The molecule has 0 aliphatic carbocycles. The molecule has 2 rings (SSSR count). The van der Waals surface area contributed by atoms with E-state index in [0.717, 1.165) is 5.69 Å². The van der Waals surface area contributed by atoms with Crippen molar-refractivity contribution in [2.45, 2.75) is 38.9 Å². The number of hydrogen-bond donors (Lipinski definition) is 2. The second kappa shape index (κ2) is 4.67. The van der Waals surface area contributed by atoms with Gasteiger partial charge in [-0.1, -0.05) is 0 Å². The fourth-order valence-electron chi connectivity index (χ4n) is 1.97. The topological polar surface area (TPSA) is 78.1 Å². The Hall–Kier alpha value is -1.69. The highest BCUT2D eigenvalue weighted by molar-refractivity contribution is 6.05. The molecule has 6 nitrogen and oxygen atoms in total. The SMILES string of the molecule is CC(C)N1C(=O)CC(NCc2cnc[nH]2)C1=O. The number of hydrogen-bond acceptors (Lipinski definition) is 4. The monoisotopic (exact) mass is 236 g/mol. The van der Waals surface area contributed by atoms with E-state index < -0.39 is 6.04 Å². The van der Waals surface area contributed by atoms with E-state index in [-0.39, 0.29) is 24.3 Å². The van der Waals surface area contributed by atoms with Crippen LogP contribution in [-0.4, -0.2) is 38.8 Å². The van der Waals surface area contributed by atoms with Gasteiger partial charge in [-0.05, 0) is 13.8 Å². The number of aromatic nitrogens is 2. The molecule has 1 aliphatic heterocycles. The predicted molar refractivity (Wildman–Crippen MR) is 60.8 cm³/mol. The largest absolute Gasteiger partial charge is 0.347 e. The molecule has 1 aliphatic rings. The second-order valence-electron chi connectivity index (χ2n) is 4.41. The maximum atomic E-state index is 11.9. The zero-order chi connectivity index (χ0) is 12.4. The minimum atomic E-state index is -0.409. The number of imidazole rings is 1. The second-order valence-corrected chi connectivity index (χ2v) is 4.41. The smallest absolute Gasteiger partial charge is 0.247 e. The normalized spacial score (nSPS) is 20.6. The first-order valence-corrected chi connectivity index (χ1v) is 5.66. The number of likely N-dealkylation sites (tertiary alicyclic amines) is 1. The number of carbonyl (C=O) groups excluding carboxylic acids is 2. The molecule has 0 aromatic carbocycles. The molecule has 92 valence electrons. The van der Waals surface area contributed by atoms with Gasteiger partial charge in [-0.15, -0.1) is 0 Å². The number of nitrogens with zero attached hydrogens (tertiary/aromatic N) is 2. The average Bonchev–Trinajstić information content (AvgIpc) is 2.84. The molecule has 1 aromatic rings. The van der Waals surface area contributed by atoms with Crippen LogP contribution in [0.1, 0.15) is 26.0 Å². The Morgan fingerprint density at radius 1 is 1.59 bits per heavy atom. The molecule has 1 saturated heterocycles. The number of imide groups is 1. The number of rotatable bonds is 4. The summed E-state index contributed by atoms with van der Waals surface area (Å²) in [4.78, 5) is 31.7. The van der Waals surface area contributed by atoms with Crippen LogP contribution in [-0.2, 0) is 16.1 Å². The van der Waals surface area contributed by atoms with Crippen LogP contribution in [0, 0.1) is 0 Å². The summed E-state index contributed by atoms with van der Waals surface area (Å²) in [5.41, 5.74) is 0.897. The number of H-pyrrole nitrogens is 1. The lowest BCUT2D eigenvalue weighted by molar-refractivity contribution is -0.140. The number of amides is 2. The molecule has 1 atom stereocenters. The van der Waals surface area contributed by atoms with Gasteiger partial charge in [0.2, 0.25) is 11.8 Å². The van der Waals surface area contributed by atoms with Crippen LogP contribution in [0.5, 0.6) is 0 Å². The summed E-state index contributed by atoms with van der Waals surface area (Å²) in [7, 11) is 0. The van der Waals surface area contributed by atoms with Crippen molar-refractivity contribution in [1.82, 2.24) is 20.2 Å². The average molecular weight is 236 g/mol. The molecule has 1 fully saturated rings. The number of nitrogens with one attached hydrogen (secondary N) is 2. The summed E-state index contributed by atoms with van der Waals surface area (Å²) in [6.07, 6.45) is 3.51. The Bertz CT molecular complexity index is 413. The summed E-state index contributed by atoms with van der Waals surface area (Å²) in [6, 6.07) is -0.484. The van der Waals surface area contributed by atoms with E-state index in [4.69, 9.17) is 0 Å². The minimum Gasteiger partial charge on any atom is -0.347 e. The van der Waals surface area contributed by atoms with E-state index in [1.165, 1.54) is 4.90 Å². The third kappa shape index (κ3) is 2.36. The van der Waals surface area contributed by atoms with E-state index in [2.05, 4.69) is 15.3 Å². The molecule has 0 bridgehead atoms. The highest BCUT2D eigenvalue weighted by Gasteiger charge is 2.39. The van der Waals surface area contributed by atoms with E-state index in [1.54, 1.807) is 12.5 Å². The van der Waals surface area contributed by atoms with Gasteiger partial charge in [0.1, 0.15) is 0 Å². The molecule has 1 aromatic heterocycles. The standard InChI is InChI=1S/C11H16N4O2/c1-7(2)15-10(16)3-9(11(15)17)13-5-8-4-12-6-14-8/h4,6-7,9,13H,3,5H2,1-2H3,(H,12,14). The van der Waals surface area contributed by atoms with Crippen molar-refractivity contribution in [3.8, 4) is 0 Å². The highest BCUT2D eigenvalue weighted by atomic mass is 16.2. The molecular formula is C11H16N4O2. The van der Waals surface area contributed by atoms with Crippen molar-refractivity contribution in [2.24, 2.45) is 0 Å². The Morgan fingerprint density at radius 3 is 2.88 bits per heavy atom. The maximum Gasteiger partial charge on any atom is 0.247 e. The van der Waals surface area contributed by atoms with Crippen molar-refractivity contribution in [3.05, 3.63) is 18.2 Å². The molecule has 2 N–H and O–H groups in total. The third-order valence-electron chi connectivity index (χ3n) is 2.79. The van der Waals surface area contributed by atoms with E-state index in [0.29, 0.717) is 6.54 Å². The Balaban J connectivity index is 1.95. The molecule has 0 radical (unpaired) electrons. The lowest BCUT2D eigenvalue weighted by Crippen LogP contribution is -2.41. The lowest BCUT2D eigenvalue weighted by atomic mass is 10.2. The molecule has 2 heterocycles. The zero-order valence-corrected chi connectivity index (χ0v) is 9.93. The fourth-order valence-corrected chi connectivity index (χ4v) is 1.97. The lowest BCUT2D eigenvalue weighted by Gasteiger charge is -2.19. The minimum absolute atomic E-state index is 0.0750. The molecule has 2 amide bonds. The summed E-state index contributed by atoms with van der Waals surface area (Å²) in [5.74, 6) is -0.239. The van der Waals surface area contributed by atoms with Crippen LogP contribution < -0.4 is 5.32 Å². The van der Waals surface area contributed by atoms with Gasteiger partial charge in [0.25, 0.3) is 0 Å². The first kappa shape index (κ1) is 11.8. The summed E-state index contributed by atoms with van der Waals surface area (Å²) < 4.78 is 0.